The van der Waals surface area contributed by atoms with Gasteiger partial charge in [0.25, 0.3) is 0 Å². The van der Waals surface area contributed by atoms with Crippen LogP contribution in [0, 0.1) is 6.92 Å². The lowest BCUT2D eigenvalue weighted by atomic mass is 10.1. The lowest BCUT2D eigenvalue weighted by Crippen LogP contribution is -2.06. The molecule has 0 amide bonds. The highest BCUT2D eigenvalue weighted by atomic mass is 32.1. The number of hydrogen-bond donors (Lipinski definition) is 1. The molecule has 3 nitrogen and oxygen atoms in total. The summed E-state index contributed by atoms with van der Waals surface area (Å²) >= 11 is 1.26. The number of rotatable bonds is 3. The van der Waals surface area contributed by atoms with E-state index in [1.165, 1.54) is 11.3 Å². The average Bonchev–Trinajstić information content (AvgIpc) is 2.66. The number of carboxylic acids is 1. The first kappa shape index (κ1) is 11.9. The molecule has 0 saturated carbocycles. The molecule has 0 saturated heterocycles. The molecule has 1 heterocycles. The molecule has 2 rings (SSSR count). The summed E-state index contributed by atoms with van der Waals surface area (Å²) in [5.41, 5.74) is 1.03. The van der Waals surface area contributed by atoms with E-state index >= 15 is 0 Å². The van der Waals surface area contributed by atoms with Crippen molar-refractivity contribution < 1.29 is 14.6 Å². The van der Waals surface area contributed by atoms with E-state index in [0.717, 1.165) is 21.4 Å². The third-order valence-corrected chi connectivity index (χ3v) is 3.54. The van der Waals surface area contributed by atoms with Crippen LogP contribution < -0.4 is 4.74 Å². The quantitative estimate of drug-likeness (QED) is 0.903. The Bertz CT molecular complexity index is 569. The minimum absolute atomic E-state index is 0.0784. The number of aromatic carboxylic acids is 1. The first-order valence-corrected chi connectivity index (χ1v) is 6.24. The molecule has 0 aliphatic rings. The van der Waals surface area contributed by atoms with Gasteiger partial charge in [0.05, 0.1) is 10.8 Å². The van der Waals surface area contributed by atoms with E-state index in [9.17, 15) is 4.79 Å². The SMILES string of the molecule is Cc1ccc2cc(C(=O)O)sc2c1OC(C)C. The number of carbonyl (C=O) groups is 1. The molecule has 0 fully saturated rings. The molecule has 2 aromatic rings. The lowest BCUT2D eigenvalue weighted by Gasteiger charge is -2.13. The molecule has 0 unspecified atom stereocenters. The molecule has 1 N–H and O–H groups in total. The van der Waals surface area contributed by atoms with E-state index < -0.39 is 5.97 Å². The van der Waals surface area contributed by atoms with Gasteiger partial charge in [0.1, 0.15) is 10.6 Å². The van der Waals surface area contributed by atoms with Crippen molar-refractivity contribution in [3.63, 3.8) is 0 Å². The Morgan fingerprint density at radius 2 is 2.12 bits per heavy atom. The summed E-state index contributed by atoms with van der Waals surface area (Å²) in [6, 6.07) is 5.58. The highest BCUT2D eigenvalue weighted by molar-refractivity contribution is 7.21. The molecular weight excluding hydrogens is 236 g/mol. The number of benzene rings is 1. The van der Waals surface area contributed by atoms with E-state index in [1.54, 1.807) is 6.07 Å². The predicted octanol–water partition coefficient (Wildman–Crippen LogP) is 3.70. The van der Waals surface area contributed by atoms with Crippen molar-refractivity contribution in [3.05, 3.63) is 28.6 Å². The van der Waals surface area contributed by atoms with Gasteiger partial charge in [0.2, 0.25) is 0 Å². The summed E-state index contributed by atoms with van der Waals surface area (Å²) in [5.74, 6) is -0.0886. The molecule has 4 heteroatoms. The molecule has 90 valence electrons. The zero-order chi connectivity index (χ0) is 12.6. The zero-order valence-corrected chi connectivity index (χ0v) is 10.8. The second-order valence-electron chi connectivity index (χ2n) is 4.21. The van der Waals surface area contributed by atoms with Gasteiger partial charge in [-0.05, 0) is 37.8 Å². The molecule has 0 atom stereocenters. The summed E-state index contributed by atoms with van der Waals surface area (Å²) in [6.07, 6.45) is 0.0784. The molecular formula is C13H14O3S. The number of thiophene rings is 1. The van der Waals surface area contributed by atoms with Gasteiger partial charge in [-0.3, -0.25) is 0 Å². The topological polar surface area (TPSA) is 46.5 Å². The summed E-state index contributed by atoms with van der Waals surface area (Å²) in [4.78, 5) is 11.3. The number of fused-ring (bicyclic) bond motifs is 1. The van der Waals surface area contributed by atoms with Crippen molar-refractivity contribution in [2.45, 2.75) is 26.9 Å². The second-order valence-corrected chi connectivity index (χ2v) is 5.26. The van der Waals surface area contributed by atoms with Crippen molar-refractivity contribution in [1.82, 2.24) is 0 Å². The zero-order valence-electron chi connectivity index (χ0n) is 9.98. The molecule has 17 heavy (non-hydrogen) atoms. The Balaban J connectivity index is 2.62. The third-order valence-electron chi connectivity index (χ3n) is 2.40. The van der Waals surface area contributed by atoms with Crippen LogP contribution >= 0.6 is 11.3 Å². The van der Waals surface area contributed by atoms with Gasteiger partial charge >= 0.3 is 5.97 Å². The Labute approximate surface area is 104 Å². The van der Waals surface area contributed by atoms with Crippen LogP contribution in [0.2, 0.25) is 0 Å². The Morgan fingerprint density at radius 3 is 2.71 bits per heavy atom. The van der Waals surface area contributed by atoms with Crippen LogP contribution in [0.5, 0.6) is 5.75 Å². The lowest BCUT2D eigenvalue weighted by molar-refractivity contribution is 0.0702. The van der Waals surface area contributed by atoms with Crippen LogP contribution in [0.25, 0.3) is 10.1 Å². The third kappa shape index (κ3) is 2.26. The van der Waals surface area contributed by atoms with Crippen LogP contribution in [0.4, 0.5) is 0 Å². The van der Waals surface area contributed by atoms with E-state index in [4.69, 9.17) is 9.84 Å². The maximum absolute atomic E-state index is 11.0. The molecule has 1 aromatic heterocycles. The maximum atomic E-state index is 11.0. The number of ether oxygens (including phenoxy) is 1. The highest BCUT2D eigenvalue weighted by Gasteiger charge is 2.14. The van der Waals surface area contributed by atoms with E-state index in [0.29, 0.717) is 4.88 Å². The maximum Gasteiger partial charge on any atom is 0.345 e. The Kier molecular flexibility index (Phi) is 3.07. The van der Waals surface area contributed by atoms with E-state index in [-0.39, 0.29) is 6.10 Å². The van der Waals surface area contributed by atoms with Crippen molar-refractivity contribution >= 4 is 27.4 Å². The fourth-order valence-corrected chi connectivity index (χ4v) is 2.70. The molecule has 0 aliphatic carbocycles. The van der Waals surface area contributed by atoms with Crippen LogP contribution in [0.3, 0.4) is 0 Å². The van der Waals surface area contributed by atoms with Gasteiger partial charge in [-0.25, -0.2) is 4.79 Å². The number of hydrogen-bond acceptors (Lipinski definition) is 3. The van der Waals surface area contributed by atoms with Gasteiger partial charge in [-0.1, -0.05) is 12.1 Å². The molecule has 0 spiro atoms. The number of carboxylic acid groups (broad SMARTS) is 1. The van der Waals surface area contributed by atoms with Gasteiger partial charge in [0, 0.05) is 0 Å². The predicted molar refractivity (Wildman–Crippen MR) is 69.3 cm³/mol. The van der Waals surface area contributed by atoms with Crippen LogP contribution in [-0.4, -0.2) is 17.2 Å². The normalized spacial score (nSPS) is 11.1. The largest absolute Gasteiger partial charge is 0.489 e. The minimum atomic E-state index is -0.889. The van der Waals surface area contributed by atoms with Crippen LogP contribution in [0.1, 0.15) is 29.1 Å². The summed E-state index contributed by atoms with van der Waals surface area (Å²) in [6.45, 7) is 5.89. The number of aryl methyl sites for hydroxylation is 1. The smallest absolute Gasteiger partial charge is 0.345 e. The minimum Gasteiger partial charge on any atom is -0.489 e. The fourth-order valence-electron chi connectivity index (χ4n) is 1.66. The van der Waals surface area contributed by atoms with E-state index in [2.05, 4.69) is 0 Å². The van der Waals surface area contributed by atoms with Gasteiger partial charge in [-0.15, -0.1) is 11.3 Å². The Morgan fingerprint density at radius 1 is 1.41 bits per heavy atom. The summed E-state index contributed by atoms with van der Waals surface area (Å²) < 4.78 is 6.68. The second kappa shape index (κ2) is 4.37. The van der Waals surface area contributed by atoms with Crippen LogP contribution in [0.15, 0.2) is 18.2 Å². The molecule has 0 radical (unpaired) electrons. The van der Waals surface area contributed by atoms with Crippen molar-refractivity contribution in [1.29, 1.82) is 0 Å². The first-order valence-electron chi connectivity index (χ1n) is 5.42. The molecule has 0 bridgehead atoms. The molecule has 0 aliphatic heterocycles. The average molecular weight is 250 g/mol. The van der Waals surface area contributed by atoms with Crippen molar-refractivity contribution in [2.24, 2.45) is 0 Å². The van der Waals surface area contributed by atoms with Crippen molar-refractivity contribution in [2.75, 3.05) is 0 Å². The summed E-state index contributed by atoms with van der Waals surface area (Å²) in [7, 11) is 0. The molecule has 1 aromatic carbocycles. The summed E-state index contributed by atoms with van der Waals surface area (Å²) in [5, 5.41) is 9.92. The first-order chi connectivity index (χ1) is 7.99. The van der Waals surface area contributed by atoms with Gasteiger partial charge < -0.3 is 9.84 Å². The Hall–Kier alpha value is -1.55. The van der Waals surface area contributed by atoms with Crippen molar-refractivity contribution in [3.8, 4) is 5.75 Å². The highest BCUT2D eigenvalue weighted by Crippen LogP contribution is 2.36. The van der Waals surface area contributed by atoms with Gasteiger partial charge in [0.15, 0.2) is 0 Å². The van der Waals surface area contributed by atoms with Crippen LogP contribution in [-0.2, 0) is 0 Å². The van der Waals surface area contributed by atoms with E-state index in [1.807, 2.05) is 32.9 Å². The van der Waals surface area contributed by atoms with Gasteiger partial charge in [-0.2, -0.15) is 0 Å². The standard InChI is InChI=1S/C13H14O3S/c1-7(2)16-11-8(3)4-5-9-6-10(13(14)15)17-12(9)11/h4-7H,1-3H3,(H,14,15). The monoisotopic (exact) mass is 250 g/mol. The fraction of sp³-hybridized carbons (Fsp3) is 0.308.